The summed E-state index contributed by atoms with van der Waals surface area (Å²) in [6, 6.07) is 0. The molecule has 0 aromatic heterocycles. The third-order valence-corrected chi connectivity index (χ3v) is 0.512. The van der Waals surface area contributed by atoms with Crippen LogP contribution in [0.4, 0.5) is 4.79 Å². The van der Waals surface area contributed by atoms with Gasteiger partial charge in [-0.05, 0) is 0 Å². The Morgan fingerprint density at radius 2 is 2.56 bits per heavy atom. The summed E-state index contributed by atoms with van der Waals surface area (Å²) in [5.74, 6) is 4.56. The van der Waals surface area contributed by atoms with E-state index in [4.69, 9.17) is 5.21 Å². The highest BCUT2D eigenvalue weighted by atomic mass is 16.6. The van der Waals surface area contributed by atoms with Gasteiger partial charge in [0.2, 0.25) is 0 Å². The predicted octanol–water partition coefficient (Wildman–Crippen LogP) is -0.126. The number of carbonyl (C=O) groups is 1. The van der Waals surface area contributed by atoms with Gasteiger partial charge < -0.3 is 4.74 Å². The summed E-state index contributed by atoms with van der Waals surface area (Å²) in [6.07, 6.45) is 0.358. The minimum atomic E-state index is -1.00. The molecule has 0 heterocycles. The second-order valence-corrected chi connectivity index (χ2v) is 1.21. The highest BCUT2D eigenvalue weighted by molar-refractivity contribution is 5.65. The largest absolute Gasteiger partial charge is 0.449 e. The van der Waals surface area contributed by atoms with E-state index in [1.54, 1.807) is 0 Å². The average molecular weight is 132 g/mol. The van der Waals surface area contributed by atoms with Crippen LogP contribution in [0.25, 0.3) is 0 Å². The van der Waals surface area contributed by atoms with Gasteiger partial charge in [0.25, 0.3) is 0 Å². The molecule has 5 nitrogen and oxygen atoms in total. The molecule has 52 valence electrons. The zero-order valence-corrected chi connectivity index (χ0v) is 4.78. The lowest BCUT2D eigenvalue weighted by molar-refractivity contribution is -0.0735. The molecule has 3 N–H and O–H groups in total. The van der Waals surface area contributed by atoms with E-state index in [-0.39, 0.29) is 11.8 Å². The monoisotopic (exact) mass is 132 g/mol. The van der Waals surface area contributed by atoms with Gasteiger partial charge >= 0.3 is 6.09 Å². The van der Waals surface area contributed by atoms with Crippen molar-refractivity contribution in [3.05, 3.63) is 12.7 Å². The number of hydrogen-bond donors (Lipinski definition) is 2. The minimum absolute atomic E-state index is 0.0348. The second kappa shape index (κ2) is 3.88. The van der Waals surface area contributed by atoms with Crippen LogP contribution >= 0.6 is 0 Å². The van der Waals surface area contributed by atoms with Gasteiger partial charge in [0.15, 0.2) is 0 Å². The average Bonchev–Trinajstić information content (AvgIpc) is 1.82. The van der Waals surface area contributed by atoms with Gasteiger partial charge in [-0.15, -0.1) is 5.17 Å². The molecular weight excluding hydrogens is 124 g/mol. The lowest BCUT2D eigenvalue weighted by Crippen LogP contribution is -2.34. The van der Waals surface area contributed by atoms with Crippen molar-refractivity contribution in [2.45, 2.75) is 0 Å². The standard InChI is InChI=1S/C4H8N2O3/c1-2-3-9-4(7)6(5)8/h2,8H,1,3,5H2. The molecule has 1 amide bonds. The fraction of sp³-hybridized carbons (Fsp3) is 0.250. The van der Waals surface area contributed by atoms with E-state index < -0.39 is 6.09 Å². The highest BCUT2D eigenvalue weighted by Gasteiger charge is 2.03. The second-order valence-electron chi connectivity index (χ2n) is 1.21. The molecule has 0 saturated carbocycles. The molecule has 0 fully saturated rings. The van der Waals surface area contributed by atoms with E-state index in [0.29, 0.717) is 0 Å². The molecule has 0 bridgehead atoms. The van der Waals surface area contributed by atoms with Crippen LogP contribution in [0.3, 0.4) is 0 Å². The first kappa shape index (κ1) is 7.93. The number of hydroxylamine groups is 1. The number of rotatable bonds is 2. The molecule has 9 heavy (non-hydrogen) atoms. The SMILES string of the molecule is C=CCOC(=O)N(N)O. The highest BCUT2D eigenvalue weighted by Crippen LogP contribution is 1.81. The number of nitrogens with zero attached hydrogens (tertiary/aromatic N) is 1. The first-order chi connectivity index (χ1) is 4.18. The number of amides is 1. The lowest BCUT2D eigenvalue weighted by Gasteiger charge is -2.05. The molecule has 0 aliphatic heterocycles. The number of ether oxygens (including phenoxy) is 1. The van der Waals surface area contributed by atoms with Gasteiger partial charge in [-0.2, -0.15) is 0 Å². The van der Waals surface area contributed by atoms with Crippen LogP contribution in [-0.2, 0) is 4.74 Å². The zero-order chi connectivity index (χ0) is 7.28. The summed E-state index contributed by atoms with van der Waals surface area (Å²) in [7, 11) is 0. The Kier molecular flexibility index (Phi) is 3.41. The summed E-state index contributed by atoms with van der Waals surface area (Å²) >= 11 is 0. The van der Waals surface area contributed by atoms with Crippen molar-refractivity contribution in [2.75, 3.05) is 6.61 Å². The predicted molar refractivity (Wildman–Crippen MR) is 29.4 cm³/mol. The quantitative estimate of drug-likeness (QED) is 0.180. The summed E-state index contributed by atoms with van der Waals surface area (Å²) in [5.41, 5.74) is 0. The fourth-order valence-corrected chi connectivity index (χ4v) is 0.196. The van der Waals surface area contributed by atoms with Crippen LogP contribution in [0.15, 0.2) is 12.7 Å². The maximum atomic E-state index is 10.2. The van der Waals surface area contributed by atoms with Crippen molar-refractivity contribution in [1.82, 2.24) is 5.17 Å². The van der Waals surface area contributed by atoms with Gasteiger partial charge in [0.05, 0.1) is 0 Å². The Balaban J connectivity index is 3.38. The van der Waals surface area contributed by atoms with Gasteiger partial charge in [-0.1, -0.05) is 12.7 Å². The van der Waals surface area contributed by atoms with Gasteiger partial charge in [0, 0.05) is 0 Å². The van der Waals surface area contributed by atoms with Crippen LogP contribution in [0.1, 0.15) is 0 Å². The topological polar surface area (TPSA) is 75.8 Å². The third-order valence-electron chi connectivity index (χ3n) is 0.512. The Morgan fingerprint density at radius 3 is 2.89 bits per heavy atom. The molecule has 0 aromatic rings. The molecular formula is C4H8N2O3. The maximum absolute atomic E-state index is 10.2. The van der Waals surface area contributed by atoms with Crippen LogP contribution in [0.2, 0.25) is 0 Å². The normalized spacial score (nSPS) is 8.22. The van der Waals surface area contributed by atoms with E-state index in [1.807, 2.05) is 0 Å². The molecule has 5 heteroatoms. The molecule has 0 rings (SSSR count). The Morgan fingerprint density at radius 1 is 2.00 bits per heavy atom. The van der Waals surface area contributed by atoms with Crippen molar-refractivity contribution >= 4 is 6.09 Å². The summed E-state index contributed by atoms with van der Waals surface area (Å²) in [5, 5.41) is 8.01. The van der Waals surface area contributed by atoms with Crippen LogP contribution < -0.4 is 5.84 Å². The van der Waals surface area contributed by atoms with E-state index in [9.17, 15) is 4.79 Å². The number of hydrazine groups is 1. The number of hydrogen-bond acceptors (Lipinski definition) is 4. The first-order valence-corrected chi connectivity index (χ1v) is 2.20. The van der Waals surface area contributed by atoms with Gasteiger partial charge in [-0.3, -0.25) is 5.21 Å². The van der Waals surface area contributed by atoms with Crippen molar-refractivity contribution in [3.63, 3.8) is 0 Å². The summed E-state index contributed by atoms with van der Waals surface area (Å²) in [4.78, 5) is 10.2. The minimum Gasteiger partial charge on any atom is -0.443 e. The smallest absolute Gasteiger partial charge is 0.443 e. The third kappa shape index (κ3) is 3.51. The lowest BCUT2D eigenvalue weighted by atomic mass is 10.7. The van der Waals surface area contributed by atoms with E-state index in [0.717, 1.165) is 0 Å². The molecule has 0 aliphatic carbocycles. The van der Waals surface area contributed by atoms with E-state index in [1.165, 1.54) is 6.08 Å². The van der Waals surface area contributed by atoms with Crippen molar-refractivity contribution in [3.8, 4) is 0 Å². The number of carbonyl (C=O) groups excluding carboxylic acids is 1. The first-order valence-electron chi connectivity index (χ1n) is 2.20. The molecule has 0 aliphatic rings. The molecule has 0 radical (unpaired) electrons. The molecule has 0 aromatic carbocycles. The van der Waals surface area contributed by atoms with Gasteiger partial charge in [0.1, 0.15) is 6.61 Å². The summed E-state index contributed by atoms with van der Waals surface area (Å²) < 4.78 is 4.25. The molecule has 0 spiro atoms. The van der Waals surface area contributed by atoms with Crippen molar-refractivity contribution in [2.24, 2.45) is 5.84 Å². The molecule has 0 saturated heterocycles. The van der Waals surface area contributed by atoms with Crippen LogP contribution in [-0.4, -0.2) is 23.1 Å². The Labute approximate surface area is 52.2 Å². The summed E-state index contributed by atoms with van der Waals surface area (Å²) in [6.45, 7) is 3.31. The van der Waals surface area contributed by atoms with E-state index >= 15 is 0 Å². The van der Waals surface area contributed by atoms with Crippen molar-refractivity contribution < 1.29 is 14.7 Å². The Bertz CT molecular complexity index is 112. The molecule has 0 atom stereocenters. The van der Waals surface area contributed by atoms with E-state index in [2.05, 4.69) is 17.2 Å². The number of nitrogens with two attached hydrogens (primary N) is 1. The Hall–Kier alpha value is -1.07. The zero-order valence-electron chi connectivity index (χ0n) is 4.78. The fourth-order valence-electron chi connectivity index (χ4n) is 0.196. The van der Waals surface area contributed by atoms with Crippen LogP contribution in [0, 0.1) is 0 Å². The van der Waals surface area contributed by atoms with Crippen molar-refractivity contribution in [1.29, 1.82) is 0 Å². The molecule has 0 unspecified atom stereocenters. The van der Waals surface area contributed by atoms with Crippen LogP contribution in [0.5, 0.6) is 0 Å². The van der Waals surface area contributed by atoms with Gasteiger partial charge in [-0.25, -0.2) is 10.6 Å². The maximum Gasteiger partial charge on any atom is 0.449 e.